The van der Waals surface area contributed by atoms with Crippen molar-refractivity contribution in [1.29, 1.82) is 0 Å². The Kier molecular flexibility index (Phi) is 5.12. The quantitative estimate of drug-likeness (QED) is 0.880. The Morgan fingerprint density at radius 3 is 2.67 bits per heavy atom. The van der Waals surface area contributed by atoms with Crippen molar-refractivity contribution >= 4 is 17.3 Å². The van der Waals surface area contributed by atoms with Gasteiger partial charge in [0.1, 0.15) is 5.01 Å². The van der Waals surface area contributed by atoms with Crippen molar-refractivity contribution in [3.8, 4) is 5.88 Å². The van der Waals surface area contributed by atoms with Gasteiger partial charge < -0.3 is 10.1 Å². The standard InChI is InChI=1S/C15H22N4OS/c1-6-12-8-16-14(21-12)11(5)18-15-17-10(4)7-13(19-15)20-9(2)3/h7-9,11H,6H2,1-5H3,(H,17,18,19). The van der Waals surface area contributed by atoms with Crippen molar-refractivity contribution < 1.29 is 4.74 Å². The fourth-order valence-electron chi connectivity index (χ4n) is 1.85. The van der Waals surface area contributed by atoms with E-state index in [2.05, 4.69) is 34.1 Å². The second kappa shape index (κ2) is 6.85. The van der Waals surface area contributed by atoms with Gasteiger partial charge in [-0.05, 0) is 34.1 Å². The molecule has 0 spiro atoms. The molecule has 1 N–H and O–H groups in total. The van der Waals surface area contributed by atoms with E-state index in [1.165, 1.54) is 4.88 Å². The first-order valence-corrected chi connectivity index (χ1v) is 8.03. The Hall–Kier alpha value is -1.69. The molecular formula is C15H22N4OS. The fraction of sp³-hybridized carbons (Fsp3) is 0.533. The molecule has 1 unspecified atom stereocenters. The van der Waals surface area contributed by atoms with Crippen LogP contribution in [0.2, 0.25) is 0 Å². The van der Waals surface area contributed by atoms with Crippen LogP contribution in [0.5, 0.6) is 5.88 Å². The summed E-state index contributed by atoms with van der Waals surface area (Å²) in [5, 5.41) is 4.34. The molecular weight excluding hydrogens is 284 g/mol. The third-order valence-electron chi connectivity index (χ3n) is 2.82. The van der Waals surface area contributed by atoms with Gasteiger partial charge in [0.05, 0.1) is 12.1 Å². The van der Waals surface area contributed by atoms with E-state index in [1.807, 2.05) is 33.0 Å². The van der Waals surface area contributed by atoms with Crippen molar-refractivity contribution in [2.75, 3.05) is 5.32 Å². The van der Waals surface area contributed by atoms with Crippen LogP contribution in [-0.2, 0) is 6.42 Å². The second-order valence-corrected chi connectivity index (χ2v) is 6.37. The van der Waals surface area contributed by atoms with E-state index in [0.717, 1.165) is 17.1 Å². The molecule has 2 aromatic heterocycles. The third-order valence-corrected chi connectivity index (χ3v) is 4.15. The second-order valence-electron chi connectivity index (χ2n) is 5.22. The number of nitrogens with one attached hydrogen (secondary N) is 1. The predicted molar refractivity (Wildman–Crippen MR) is 86.1 cm³/mol. The predicted octanol–water partition coefficient (Wildman–Crippen LogP) is 3.76. The van der Waals surface area contributed by atoms with Gasteiger partial charge in [0.25, 0.3) is 0 Å². The normalized spacial score (nSPS) is 12.5. The highest BCUT2D eigenvalue weighted by molar-refractivity contribution is 7.11. The first kappa shape index (κ1) is 15.7. The maximum atomic E-state index is 5.64. The van der Waals surface area contributed by atoms with E-state index in [1.54, 1.807) is 11.3 Å². The summed E-state index contributed by atoms with van der Waals surface area (Å²) in [6.45, 7) is 10.1. The van der Waals surface area contributed by atoms with Crippen LogP contribution in [0, 0.1) is 6.92 Å². The van der Waals surface area contributed by atoms with Gasteiger partial charge in [0.2, 0.25) is 11.8 Å². The van der Waals surface area contributed by atoms with Crippen molar-refractivity contribution in [2.24, 2.45) is 0 Å². The highest BCUT2D eigenvalue weighted by atomic mass is 32.1. The SMILES string of the molecule is CCc1cnc(C(C)Nc2nc(C)cc(OC(C)C)n2)s1. The minimum absolute atomic E-state index is 0.0731. The molecule has 0 radical (unpaired) electrons. The van der Waals surface area contributed by atoms with E-state index in [9.17, 15) is 0 Å². The van der Waals surface area contributed by atoms with E-state index in [0.29, 0.717) is 11.8 Å². The van der Waals surface area contributed by atoms with Crippen molar-refractivity contribution in [1.82, 2.24) is 15.0 Å². The molecule has 21 heavy (non-hydrogen) atoms. The minimum Gasteiger partial charge on any atom is -0.475 e. The van der Waals surface area contributed by atoms with E-state index >= 15 is 0 Å². The average molecular weight is 306 g/mol. The zero-order valence-electron chi connectivity index (χ0n) is 13.2. The van der Waals surface area contributed by atoms with Gasteiger partial charge in [-0.3, -0.25) is 0 Å². The topological polar surface area (TPSA) is 59.9 Å². The Morgan fingerprint density at radius 2 is 2.05 bits per heavy atom. The maximum Gasteiger partial charge on any atom is 0.226 e. The molecule has 0 saturated heterocycles. The molecule has 0 aliphatic rings. The molecule has 0 amide bonds. The Bertz CT molecular complexity index is 597. The van der Waals surface area contributed by atoms with Gasteiger partial charge in [-0.25, -0.2) is 9.97 Å². The fourth-order valence-corrected chi connectivity index (χ4v) is 2.71. The average Bonchev–Trinajstić information content (AvgIpc) is 2.85. The zero-order valence-corrected chi connectivity index (χ0v) is 14.0. The van der Waals surface area contributed by atoms with Gasteiger partial charge in [-0.2, -0.15) is 4.98 Å². The number of anilines is 1. The molecule has 0 bridgehead atoms. The molecule has 2 rings (SSSR count). The third kappa shape index (κ3) is 4.39. The van der Waals surface area contributed by atoms with Crippen LogP contribution < -0.4 is 10.1 Å². The molecule has 2 heterocycles. The summed E-state index contributed by atoms with van der Waals surface area (Å²) in [6.07, 6.45) is 3.04. The number of nitrogens with zero attached hydrogens (tertiary/aromatic N) is 3. The molecule has 6 heteroatoms. The highest BCUT2D eigenvalue weighted by Crippen LogP contribution is 2.23. The molecule has 1 atom stereocenters. The lowest BCUT2D eigenvalue weighted by molar-refractivity contribution is 0.232. The summed E-state index contributed by atoms with van der Waals surface area (Å²) in [6, 6.07) is 1.91. The van der Waals surface area contributed by atoms with E-state index < -0.39 is 0 Å². The summed E-state index contributed by atoms with van der Waals surface area (Å²) in [5.41, 5.74) is 0.878. The van der Waals surface area contributed by atoms with Gasteiger partial charge in [0.15, 0.2) is 0 Å². The molecule has 5 nitrogen and oxygen atoms in total. The molecule has 0 aliphatic carbocycles. The largest absolute Gasteiger partial charge is 0.475 e. The van der Waals surface area contributed by atoms with E-state index in [4.69, 9.17) is 4.74 Å². The molecule has 0 fully saturated rings. The summed E-state index contributed by atoms with van der Waals surface area (Å²) in [4.78, 5) is 14.5. The summed E-state index contributed by atoms with van der Waals surface area (Å²) in [5.74, 6) is 1.17. The van der Waals surface area contributed by atoms with Crippen molar-refractivity contribution in [2.45, 2.75) is 53.2 Å². The van der Waals surface area contributed by atoms with Crippen LogP contribution >= 0.6 is 11.3 Å². The van der Waals surface area contributed by atoms with Crippen LogP contribution in [-0.4, -0.2) is 21.1 Å². The number of hydrogen-bond donors (Lipinski definition) is 1. The van der Waals surface area contributed by atoms with Crippen LogP contribution in [0.15, 0.2) is 12.3 Å². The first-order chi connectivity index (χ1) is 9.97. The lowest BCUT2D eigenvalue weighted by atomic mass is 10.3. The van der Waals surface area contributed by atoms with E-state index in [-0.39, 0.29) is 12.1 Å². The number of thiazole rings is 1. The Balaban J connectivity index is 2.12. The molecule has 2 aromatic rings. The number of aryl methyl sites for hydroxylation is 2. The molecule has 114 valence electrons. The molecule has 0 aliphatic heterocycles. The van der Waals surface area contributed by atoms with Gasteiger partial charge in [-0.15, -0.1) is 11.3 Å². The molecule has 0 aromatic carbocycles. The van der Waals surface area contributed by atoms with Crippen molar-refractivity contribution in [3.63, 3.8) is 0 Å². The lowest BCUT2D eigenvalue weighted by Crippen LogP contribution is -2.12. The van der Waals surface area contributed by atoms with Gasteiger partial charge in [-0.1, -0.05) is 6.92 Å². The Labute approximate surface area is 129 Å². The van der Waals surface area contributed by atoms with Crippen LogP contribution in [0.3, 0.4) is 0 Å². The minimum atomic E-state index is 0.0731. The number of aromatic nitrogens is 3. The van der Waals surface area contributed by atoms with Gasteiger partial charge in [0, 0.05) is 22.8 Å². The van der Waals surface area contributed by atoms with Crippen LogP contribution in [0.25, 0.3) is 0 Å². The number of ether oxygens (including phenoxy) is 1. The first-order valence-electron chi connectivity index (χ1n) is 7.21. The smallest absolute Gasteiger partial charge is 0.226 e. The van der Waals surface area contributed by atoms with Crippen LogP contribution in [0.4, 0.5) is 5.95 Å². The lowest BCUT2D eigenvalue weighted by Gasteiger charge is -2.14. The zero-order chi connectivity index (χ0) is 15.4. The highest BCUT2D eigenvalue weighted by Gasteiger charge is 2.13. The maximum absolute atomic E-state index is 5.64. The van der Waals surface area contributed by atoms with Gasteiger partial charge >= 0.3 is 0 Å². The summed E-state index contributed by atoms with van der Waals surface area (Å²) >= 11 is 1.72. The Morgan fingerprint density at radius 1 is 1.29 bits per heavy atom. The summed E-state index contributed by atoms with van der Waals surface area (Å²) in [7, 11) is 0. The van der Waals surface area contributed by atoms with Crippen LogP contribution in [0.1, 0.15) is 49.3 Å². The summed E-state index contributed by atoms with van der Waals surface area (Å²) < 4.78 is 5.64. The number of hydrogen-bond acceptors (Lipinski definition) is 6. The van der Waals surface area contributed by atoms with Crippen molar-refractivity contribution in [3.05, 3.63) is 27.8 Å². The monoisotopic (exact) mass is 306 g/mol. The number of rotatable bonds is 6. The molecule has 0 saturated carbocycles.